The summed E-state index contributed by atoms with van der Waals surface area (Å²) in [5.41, 5.74) is 2.11. The quantitative estimate of drug-likeness (QED) is 0.671. The fourth-order valence-corrected chi connectivity index (χ4v) is 1.53. The lowest BCUT2D eigenvalue weighted by atomic mass is 10.0. The van der Waals surface area contributed by atoms with Gasteiger partial charge in [-0.25, -0.2) is 0 Å². The zero-order chi connectivity index (χ0) is 10.1. The van der Waals surface area contributed by atoms with Crippen molar-refractivity contribution in [1.82, 2.24) is 4.40 Å². The molecular weight excluding hydrogens is 174 g/mol. The molecule has 2 aromatic heterocycles. The molecule has 2 heteroatoms. The number of hydrogen-bond acceptors (Lipinski definition) is 1. The zero-order valence-electron chi connectivity index (χ0n) is 8.40. The number of pyridine rings is 2. The van der Waals surface area contributed by atoms with Crippen molar-refractivity contribution in [1.29, 1.82) is 0 Å². The Hall–Kier alpha value is -1.57. The number of fused-ring (bicyclic) bond motifs is 1. The van der Waals surface area contributed by atoms with E-state index in [1.54, 1.807) is 16.7 Å². The molecule has 0 fully saturated rings. The first-order chi connectivity index (χ1) is 6.68. The predicted octanol–water partition coefficient (Wildman–Crippen LogP) is 2.42. The van der Waals surface area contributed by atoms with E-state index in [1.807, 2.05) is 18.2 Å². The van der Waals surface area contributed by atoms with E-state index >= 15 is 0 Å². The molecule has 0 aliphatic rings. The molecule has 2 rings (SSSR count). The number of nitrogens with zero attached hydrogens (tertiary/aromatic N) is 1. The molecule has 2 nitrogen and oxygen atoms in total. The lowest BCUT2D eigenvalue weighted by Gasteiger charge is -2.06. The van der Waals surface area contributed by atoms with Crippen LogP contribution in [0.1, 0.15) is 25.3 Å². The molecule has 2 aromatic rings. The lowest BCUT2D eigenvalue weighted by molar-refractivity contribution is 0.858. The lowest BCUT2D eigenvalue weighted by Crippen LogP contribution is -2.13. The fraction of sp³-hybridized carbons (Fsp3) is 0.250. The van der Waals surface area contributed by atoms with Gasteiger partial charge < -0.3 is 0 Å². The van der Waals surface area contributed by atoms with E-state index in [9.17, 15) is 4.79 Å². The van der Waals surface area contributed by atoms with Gasteiger partial charge in [-0.3, -0.25) is 9.20 Å². The average molecular weight is 187 g/mol. The van der Waals surface area contributed by atoms with Gasteiger partial charge in [0.2, 0.25) is 0 Å². The van der Waals surface area contributed by atoms with Gasteiger partial charge in [0.15, 0.2) is 0 Å². The Bertz CT molecular complexity index is 511. The first kappa shape index (κ1) is 9.00. The molecule has 2 heterocycles. The van der Waals surface area contributed by atoms with Crippen LogP contribution in [0.25, 0.3) is 5.52 Å². The highest BCUT2D eigenvalue weighted by atomic mass is 16.1. The van der Waals surface area contributed by atoms with Crippen LogP contribution in [-0.4, -0.2) is 4.40 Å². The maximum atomic E-state index is 11.7. The summed E-state index contributed by atoms with van der Waals surface area (Å²) in [5, 5.41) is 0. The van der Waals surface area contributed by atoms with Crippen LogP contribution in [-0.2, 0) is 0 Å². The molecule has 0 atom stereocenters. The summed E-state index contributed by atoms with van der Waals surface area (Å²) in [4.78, 5) is 11.7. The van der Waals surface area contributed by atoms with E-state index in [4.69, 9.17) is 0 Å². The molecule has 0 aliphatic heterocycles. The Kier molecular flexibility index (Phi) is 2.12. The SMILES string of the molecule is CC(C)c1cc(=O)n2ccccc2c1. The van der Waals surface area contributed by atoms with Gasteiger partial charge in [0.1, 0.15) is 0 Å². The third-order valence-electron chi connectivity index (χ3n) is 2.40. The molecule has 0 saturated carbocycles. The highest BCUT2D eigenvalue weighted by molar-refractivity contribution is 5.48. The zero-order valence-corrected chi connectivity index (χ0v) is 8.40. The van der Waals surface area contributed by atoms with Gasteiger partial charge >= 0.3 is 0 Å². The van der Waals surface area contributed by atoms with Crippen molar-refractivity contribution < 1.29 is 0 Å². The van der Waals surface area contributed by atoms with Gasteiger partial charge in [-0.1, -0.05) is 19.9 Å². The normalized spacial score (nSPS) is 11.1. The van der Waals surface area contributed by atoms with Crippen molar-refractivity contribution >= 4 is 5.52 Å². The highest BCUT2D eigenvalue weighted by Crippen LogP contribution is 2.13. The Labute approximate surface area is 82.8 Å². The molecule has 0 spiro atoms. The molecule has 0 radical (unpaired) electrons. The maximum Gasteiger partial charge on any atom is 0.255 e. The molecule has 72 valence electrons. The van der Waals surface area contributed by atoms with Crippen LogP contribution in [0, 0.1) is 0 Å². The molecule has 0 bridgehead atoms. The summed E-state index contributed by atoms with van der Waals surface area (Å²) in [7, 11) is 0. The van der Waals surface area contributed by atoms with E-state index in [-0.39, 0.29) is 5.56 Å². The minimum Gasteiger partial charge on any atom is -0.284 e. The van der Waals surface area contributed by atoms with Crippen LogP contribution in [0.3, 0.4) is 0 Å². The Morgan fingerprint density at radius 2 is 2.00 bits per heavy atom. The highest BCUT2D eigenvalue weighted by Gasteiger charge is 2.02. The summed E-state index contributed by atoms with van der Waals surface area (Å²) in [6.45, 7) is 4.18. The number of hydrogen-bond donors (Lipinski definition) is 0. The van der Waals surface area contributed by atoms with Gasteiger partial charge in [-0.15, -0.1) is 0 Å². The van der Waals surface area contributed by atoms with Crippen LogP contribution in [0.2, 0.25) is 0 Å². The second-order valence-corrected chi connectivity index (χ2v) is 3.78. The summed E-state index contributed by atoms with van der Waals surface area (Å²) < 4.78 is 1.66. The van der Waals surface area contributed by atoms with Gasteiger partial charge in [0.05, 0.1) is 0 Å². The first-order valence-corrected chi connectivity index (χ1v) is 4.80. The Morgan fingerprint density at radius 1 is 1.21 bits per heavy atom. The van der Waals surface area contributed by atoms with Gasteiger partial charge in [-0.05, 0) is 29.7 Å². The third kappa shape index (κ3) is 1.43. The van der Waals surface area contributed by atoms with Crippen molar-refractivity contribution in [3.05, 3.63) is 52.4 Å². The van der Waals surface area contributed by atoms with Gasteiger partial charge in [0, 0.05) is 17.8 Å². The maximum absolute atomic E-state index is 11.7. The van der Waals surface area contributed by atoms with Crippen LogP contribution in [0.15, 0.2) is 41.3 Å². The van der Waals surface area contributed by atoms with Crippen molar-refractivity contribution in [2.24, 2.45) is 0 Å². The Morgan fingerprint density at radius 3 is 2.71 bits per heavy atom. The van der Waals surface area contributed by atoms with E-state index in [0.717, 1.165) is 11.1 Å². The first-order valence-electron chi connectivity index (χ1n) is 4.80. The van der Waals surface area contributed by atoms with E-state index < -0.39 is 0 Å². The fourth-order valence-electron chi connectivity index (χ4n) is 1.53. The summed E-state index contributed by atoms with van der Waals surface area (Å²) >= 11 is 0. The second kappa shape index (κ2) is 3.29. The smallest absolute Gasteiger partial charge is 0.255 e. The average Bonchev–Trinajstić information content (AvgIpc) is 2.17. The number of rotatable bonds is 1. The molecule has 0 amide bonds. The van der Waals surface area contributed by atoms with Gasteiger partial charge in [0.25, 0.3) is 5.56 Å². The van der Waals surface area contributed by atoms with E-state index in [2.05, 4.69) is 19.9 Å². The van der Waals surface area contributed by atoms with Crippen LogP contribution >= 0.6 is 0 Å². The second-order valence-electron chi connectivity index (χ2n) is 3.78. The molecule has 0 unspecified atom stereocenters. The topological polar surface area (TPSA) is 21.5 Å². The van der Waals surface area contributed by atoms with Crippen LogP contribution in [0.5, 0.6) is 0 Å². The molecular formula is C12H13NO. The minimum absolute atomic E-state index is 0.0480. The molecule has 0 saturated heterocycles. The van der Waals surface area contributed by atoms with Crippen molar-refractivity contribution in [2.75, 3.05) is 0 Å². The van der Waals surface area contributed by atoms with Crippen LogP contribution in [0.4, 0.5) is 0 Å². The monoisotopic (exact) mass is 187 g/mol. The number of aromatic nitrogens is 1. The Balaban J connectivity index is 2.79. The standard InChI is InChI=1S/C12H13NO/c1-9(2)10-7-11-5-3-4-6-13(11)12(14)8-10/h3-9H,1-2H3. The molecule has 0 aromatic carbocycles. The summed E-state index contributed by atoms with van der Waals surface area (Å²) in [6.07, 6.45) is 1.79. The third-order valence-corrected chi connectivity index (χ3v) is 2.40. The molecule has 0 aliphatic carbocycles. The van der Waals surface area contributed by atoms with Crippen LogP contribution < -0.4 is 5.56 Å². The van der Waals surface area contributed by atoms with E-state index in [1.165, 1.54) is 0 Å². The largest absolute Gasteiger partial charge is 0.284 e. The van der Waals surface area contributed by atoms with Crippen molar-refractivity contribution in [2.45, 2.75) is 19.8 Å². The molecule has 14 heavy (non-hydrogen) atoms. The van der Waals surface area contributed by atoms with Crippen molar-refractivity contribution in [3.8, 4) is 0 Å². The summed E-state index contributed by atoms with van der Waals surface area (Å²) in [6, 6.07) is 9.53. The van der Waals surface area contributed by atoms with Gasteiger partial charge in [-0.2, -0.15) is 0 Å². The minimum atomic E-state index is 0.0480. The van der Waals surface area contributed by atoms with Crippen molar-refractivity contribution in [3.63, 3.8) is 0 Å². The molecule has 0 N–H and O–H groups in total. The summed E-state index contributed by atoms with van der Waals surface area (Å²) in [5.74, 6) is 0.396. The predicted molar refractivity (Wildman–Crippen MR) is 57.8 cm³/mol. The van der Waals surface area contributed by atoms with E-state index in [0.29, 0.717) is 5.92 Å².